The minimum absolute atomic E-state index is 0.164. The molecule has 0 unspecified atom stereocenters. The van der Waals surface area contributed by atoms with E-state index in [2.05, 4.69) is 15.2 Å². The molecule has 3 rings (SSSR count). The van der Waals surface area contributed by atoms with Gasteiger partial charge < -0.3 is 15.1 Å². The molecule has 2 aromatic rings. The molecule has 0 aliphatic carbocycles. The lowest BCUT2D eigenvalue weighted by Gasteiger charge is -2.35. The lowest BCUT2D eigenvalue weighted by molar-refractivity contribution is -0.130. The Morgan fingerprint density at radius 2 is 1.84 bits per heavy atom. The number of hydrogen-bond acceptors (Lipinski definition) is 4. The van der Waals surface area contributed by atoms with Crippen LogP contribution in [0.15, 0.2) is 48.7 Å². The minimum atomic E-state index is 0.164. The molecule has 6 heteroatoms. The van der Waals surface area contributed by atoms with Crippen molar-refractivity contribution < 1.29 is 4.79 Å². The van der Waals surface area contributed by atoms with Crippen molar-refractivity contribution in [3.05, 3.63) is 59.2 Å². The summed E-state index contributed by atoms with van der Waals surface area (Å²) in [5.41, 5.74) is 1.22. The maximum atomic E-state index is 12.3. The predicted octanol–water partition coefficient (Wildman–Crippen LogP) is 2.22. The van der Waals surface area contributed by atoms with Gasteiger partial charge in [-0.15, -0.1) is 0 Å². The summed E-state index contributed by atoms with van der Waals surface area (Å²) in [6.45, 7) is 4.31. The van der Waals surface area contributed by atoms with E-state index in [9.17, 15) is 4.79 Å². The van der Waals surface area contributed by atoms with Gasteiger partial charge in [-0.05, 0) is 42.8 Å². The van der Waals surface area contributed by atoms with Crippen molar-refractivity contribution in [2.45, 2.75) is 6.42 Å². The number of carbonyl (C=O) groups excluding carboxylic acids is 1. The van der Waals surface area contributed by atoms with E-state index in [4.69, 9.17) is 11.6 Å². The van der Waals surface area contributed by atoms with Gasteiger partial charge in [-0.2, -0.15) is 0 Å². The van der Waals surface area contributed by atoms with Gasteiger partial charge in [-0.25, -0.2) is 4.98 Å². The molecular weight excluding hydrogens is 336 g/mol. The molecule has 1 amide bonds. The van der Waals surface area contributed by atoms with Gasteiger partial charge in [0.1, 0.15) is 5.82 Å². The Labute approximate surface area is 153 Å². The van der Waals surface area contributed by atoms with Crippen LogP contribution < -0.4 is 10.2 Å². The highest BCUT2D eigenvalue weighted by Gasteiger charge is 2.21. The lowest BCUT2D eigenvalue weighted by atomic mass is 10.1. The molecule has 1 aromatic carbocycles. The zero-order chi connectivity index (χ0) is 17.5. The van der Waals surface area contributed by atoms with Crippen molar-refractivity contribution in [2.24, 2.45) is 0 Å². The van der Waals surface area contributed by atoms with E-state index < -0.39 is 0 Å². The number of amides is 1. The Balaban J connectivity index is 1.36. The van der Waals surface area contributed by atoms with Crippen molar-refractivity contribution in [3.8, 4) is 0 Å². The summed E-state index contributed by atoms with van der Waals surface area (Å²) in [6.07, 6.45) is 2.69. The average molecular weight is 359 g/mol. The number of piperazine rings is 1. The van der Waals surface area contributed by atoms with Crippen LogP contribution in [-0.2, 0) is 11.2 Å². The van der Waals surface area contributed by atoms with Gasteiger partial charge in [-0.3, -0.25) is 4.79 Å². The lowest BCUT2D eigenvalue weighted by Crippen LogP contribution is -2.51. The van der Waals surface area contributed by atoms with E-state index in [0.29, 0.717) is 6.54 Å². The van der Waals surface area contributed by atoms with E-state index in [0.717, 1.165) is 50.0 Å². The first-order chi connectivity index (χ1) is 12.2. The number of benzene rings is 1. The maximum Gasteiger partial charge on any atom is 0.236 e. The number of aromatic nitrogens is 1. The van der Waals surface area contributed by atoms with Gasteiger partial charge in [-0.1, -0.05) is 29.8 Å². The van der Waals surface area contributed by atoms with E-state index in [1.807, 2.05) is 47.4 Å². The van der Waals surface area contributed by atoms with Crippen LogP contribution in [0.25, 0.3) is 0 Å². The smallest absolute Gasteiger partial charge is 0.236 e. The van der Waals surface area contributed by atoms with Crippen molar-refractivity contribution in [3.63, 3.8) is 0 Å². The second kappa shape index (κ2) is 8.83. The van der Waals surface area contributed by atoms with E-state index in [-0.39, 0.29) is 5.91 Å². The van der Waals surface area contributed by atoms with E-state index in [1.165, 1.54) is 5.56 Å². The fourth-order valence-electron chi connectivity index (χ4n) is 2.92. The third-order valence-electron chi connectivity index (χ3n) is 4.39. The Hall–Kier alpha value is -2.11. The van der Waals surface area contributed by atoms with Gasteiger partial charge in [0.25, 0.3) is 0 Å². The molecule has 0 spiro atoms. The Kier molecular flexibility index (Phi) is 6.25. The number of anilines is 1. The standard InChI is InChI=1S/C19H23ClN4O/c20-17-6-4-16(5-7-17)8-10-21-15-19(25)24-13-11-23(12-14-24)18-3-1-2-9-22-18/h1-7,9,21H,8,10-15H2. The predicted molar refractivity (Wildman–Crippen MR) is 101 cm³/mol. The third kappa shape index (κ3) is 5.18. The molecule has 2 heterocycles. The summed E-state index contributed by atoms with van der Waals surface area (Å²) in [5.74, 6) is 1.15. The molecule has 1 aliphatic rings. The zero-order valence-electron chi connectivity index (χ0n) is 14.2. The molecular formula is C19H23ClN4O. The van der Waals surface area contributed by atoms with Crippen LogP contribution in [0.5, 0.6) is 0 Å². The molecule has 5 nitrogen and oxygen atoms in total. The molecule has 1 N–H and O–H groups in total. The van der Waals surface area contributed by atoms with Gasteiger partial charge in [0.05, 0.1) is 6.54 Å². The summed E-state index contributed by atoms with van der Waals surface area (Å²) < 4.78 is 0. The van der Waals surface area contributed by atoms with Crippen LogP contribution in [0.2, 0.25) is 5.02 Å². The van der Waals surface area contributed by atoms with Gasteiger partial charge in [0.2, 0.25) is 5.91 Å². The summed E-state index contributed by atoms with van der Waals surface area (Å²) in [4.78, 5) is 20.8. The second-order valence-corrected chi connectivity index (χ2v) is 6.55. The summed E-state index contributed by atoms with van der Waals surface area (Å²) in [5, 5.41) is 3.99. The molecule has 1 aliphatic heterocycles. The summed E-state index contributed by atoms with van der Waals surface area (Å²) in [6, 6.07) is 13.7. The number of nitrogens with one attached hydrogen (secondary N) is 1. The molecule has 132 valence electrons. The van der Waals surface area contributed by atoms with Crippen LogP contribution in [-0.4, -0.2) is 55.1 Å². The number of carbonyl (C=O) groups is 1. The molecule has 0 bridgehead atoms. The first kappa shape index (κ1) is 17.7. The summed E-state index contributed by atoms with van der Waals surface area (Å²) >= 11 is 5.88. The van der Waals surface area contributed by atoms with Crippen molar-refractivity contribution >= 4 is 23.3 Å². The second-order valence-electron chi connectivity index (χ2n) is 6.11. The van der Waals surface area contributed by atoms with Crippen LogP contribution in [0, 0.1) is 0 Å². The highest BCUT2D eigenvalue weighted by molar-refractivity contribution is 6.30. The molecule has 0 saturated carbocycles. The topological polar surface area (TPSA) is 48.5 Å². The first-order valence-electron chi connectivity index (χ1n) is 8.61. The van der Waals surface area contributed by atoms with Crippen LogP contribution >= 0.6 is 11.6 Å². The number of rotatable bonds is 6. The minimum Gasteiger partial charge on any atom is -0.353 e. The van der Waals surface area contributed by atoms with Gasteiger partial charge in [0, 0.05) is 37.4 Å². The van der Waals surface area contributed by atoms with Crippen LogP contribution in [0.4, 0.5) is 5.82 Å². The van der Waals surface area contributed by atoms with Gasteiger partial charge >= 0.3 is 0 Å². The zero-order valence-corrected chi connectivity index (χ0v) is 15.0. The summed E-state index contributed by atoms with van der Waals surface area (Å²) in [7, 11) is 0. The number of hydrogen-bond donors (Lipinski definition) is 1. The molecule has 1 fully saturated rings. The Morgan fingerprint density at radius 3 is 2.52 bits per heavy atom. The molecule has 0 atom stereocenters. The normalized spacial score (nSPS) is 14.6. The number of nitrogens with zero attached hydrogens (tertiary/aromatic N) is 3. The van der Waals surface area contributed by atoms with Crippen molar-refractivity contribution in [2.75, 3.05) is 44.2 Å². The highest BCUT2D eigenvalue weighted by Crippen LogP contribution is 2.12. The van der Waals surface area contributed by atoms with E-state index >= 15 is 0 Å². The Morgan fingerprint density at radius 1 is 1.08 bits per heavy atom. The largest absolute Gasteiger partial charge is 0.353 e. The molecule has 0 radical (unpaired) electrons. The molecule has 25 heavy (non-hydrogen) atoms. The maximum absolute atomic E-state index is 12.3. The van der Waals surface area contributed by atoms with Crippen LogP contribution in [0.3, 0.4) is 0 Å². The molecule has 1 saturated heterocycles. The van der Waals surface area contributed by atoms with E-state index in [1.54, 1.807) is 6.20 Å². The SMILES string of the molecule is O=C(CNCCc1ccc(Cl)cc1)N1CCN(c2ccccn2)CC1. The third-order valence-corrected chi connectivity index (χ3v) is 4.64. The fraction of sp³-hybridized carbons (Fsp3) is 0.368. The number of halogens is 1. The van der Waals surface area contributed by atoms with Gasteiger partial charge in [0.15, 0.2) is 0 Å². The first-order valence-corrected chi connectivity index (χ1v) is 8.99. The van der Waals surface area contributed by atoms with Crippen LogP contribution in [0.1, 0.15) is 5.56 Å². The Bertz CT molecular complexity index is 670. The number of pyridine rings is 1. The monoisotopic (exact) mass is 358 g/mol. The highest BCUT2D eigenvalue weighted by atomic mass is 35.5. The van der Waals surface area contributed by atoms with Crippen molar-refractivity contribution in [1.29, 1.82) is 0 Å². The molecule has 1 aromatic heterocycles. The van der Waals surface area contributed by atoms with Crippen molar-refractivity contribution in [1.82, 2.24) is 15.2 Å². The quantitative estimate of drug-likeness (QED) is 0.804. The average Bonchev–Trinajstić information content (AvgIpc) is 2.67. The fourth-order valence-corrected chi connectivity index (χ4v) is 3.04.